The van der Waals surface area contributed by atoms with Crippen LogP contribution in [0, 0.1) is 0 Å². The molecule has 0 saturated heterocycles. The minimum absolute atomic E-state index is 0.137. The zero-order valence-corrected chi connectivity index (χ0v) is 12.1. The third kappa shape index (κ3) is 3.53. The van der Waals surface area contributed by atoms with Crippen LogP contribution in [0.25, 0.3) is 0 Å². The average molecular weight is 244 g/mol. The van der Waals surface area contributed by atoms with Gasteiger partial charge in [0.2, 0.25) is 0 Å². The van der Waals surface area contributed by atoms with E-state index in [9.17, 15) is 0 Å². The topological polar surface area (TPSA) is 0 Å². The molecule has 2 aromatic rings. The molecule has 0 aliphatic carbocycles. The van der Waals surface area contributed by atoms with Crippen LogP contribution < -0.4 is 0 Å². The van der Waals surface area contributed by atoms with Crippen molar-refractivity contribution >= 4 is 17.7 Å². The number of benzene rings is 2. The Morgan fingerprint density at radius 2 is 1.26 bits per heavy atom. The molecule has 0 atom stereocenters. The van der Waals surface area contributed by atoms with Crippen LogP contribution in [0.2, 0.25) is 0 Å². The molecule has 94 valence electrons. The van der Waals surface area contributed by atoms with Crippen LogP contribution in [0.4, 0.5) is 0 Å². The van der Waals surface area contributed by atoms with Gasteiger partial charge < -0.3 is 0 Å². The molecule has 0 bridgehead atoms. The molecule has 0 aliphatic rings. The Bertz CT molecular complexity index is 436. The van der Waals surface area contributed by atoms with Gasteiger partial charge in [0.25, 0.3) is 0 Å². The van der Waals surface area contributed by atoms with E-state index in [0.717, 1.165) is 0 Å². The molecule has 0 spiro atoms. The van der Waals surface area contributed by atoms with Gasteiger partial charge in [-0.05, 0) is 0 Å². The van der Waals surface area contributed by atoms with E-state index in [-0.39, 0.29) is 4.09 Å². The van der Waals surface area contributed by atoms with Crippen LogP contribution in [-0.2, 0) is 4.09 Å². The summed E-state index contributed by atoms with van der Waals surface area (Å²) in [5.41, 5.74) is 2.86. The first-order valence-electron chi connectivity index (χ1n) is 7.38. The van der Waals surface area contributed by atoms with Crippen molar-refractivity contribution in [3.63, 3.8) is 0 Å². The van der Waals surface area contributed by atoms with Crippen LogP contribution in [0.5, 0.6) is 0 Å². The summed E-state index contributed by atoms with van der Waals surface area (Å²) in [6.07, 6.45) is 5.10. The van der Waals surface area contributed by atoms with Gasteiger partial charge in [0, 0.05) is 0 Å². The Labute approximate surface area is 126 Å². The zero-order valence-electron chi connectivity index (χ0n) is 12.1. The van der Waals surface area contributed by atoms with Crippen LogP contribution in [0.1, 0.15) is 43.7 Å². The van der Waals surface area contributed by atoms with Crippen molar-refractivity contribution in [1.29, 1.82) is 0 Å². The minimum atomic E-state index is 0.137. The SMILES string of the molecule is [Li][C](CCCCC)(c1ccccc1)c1ccccc1. The fraction of sp³-hybridized carbons (Fsp3) is 0.333. The van der Waals surface area contributed by atoms with E-state index in [4.69, 9.17) is 0 Å². The van der Waals surface area contributed by atoms with Crippen LogP contribution in [-0.4, -0.2) is 17.7 Å². The Hall–Kier alpha value is -0.963. The second-order valence-corrected chi connectivity index (χ2v) is 5.52. The Balaban J connectivity index is 2.33. The van der Waals surface area contributed by atoms with Crippen LogP contribution in [0.3, 0.4) is 0 Å². The molecule has 1 heteroatoms. The van der Waals surface area contributed by atoms with E-state index in [1.165, 1.54) is 36.8 Å². The van der Waals surface area contributed by atoms with Gasteiger partial charge in [-0.1, -0.05) is 0 Å². The fourth-order valence-corrected chi connectivity index (χ4v) is 2.80. The van der Waals surface area contributed by atoms with Crippen molar-refractivity contribution < 1.29 is 0 Å². The molecule has 0 unspecified atom stereocenters. The van der Waals surface area contributed by atoms with E-state index in [2.05, 4.69) is 85.3 Å². The van der Waals surface area contributed by atoms with Crippen molar-refractivity contribution in [2.24, 2.45) is 0 Å². The third-order valence-corrected chi connectivity index (χ3v) is 4.10. The van der Waals surface area contributed by atoms with E-state index >= 15 is 0 Å². The van der Waals surface area contributed by atoms with Gasteiger partial charge in [0.15, 0.2) is 0 Å². The zero-order chi connectivity index (χ0) is 13.6. The summed E-state index contributed by atoms with van der Waals surface area (Å²) in [5.74, 6) is 0. The molecule has 0 N–H and O–H groups in total. The van der Waals surface area contributed by atoms with E-state index in [0.29, 0.717) is 0 Å². The van der Waals surface area contributed by atoms with Gasteiger partial charge in [0.1, 0.15) is 0 Å². The summed E-state index contributed by atoms with van der Waals surface area (Å²) in [5, 5.41) is 0. The molecule has 0 radical (unpaired) electrons. The maximum absolute atomic E-state index is 2.38. The van der Waals surface area contributed by atoms with Crippen LogP contribution >= 0.6 is 0 Å². The summed E-state index contributed by atoms with van der Waals surface area (Å²) in [4.78, 5) is 0. The molecule has 2 rings (SSSR count). The quantitative estimate of drug-likeness (QED) is 0.511. The first-order valence-corrected chi connectivity index (χ1v) is 7.38. The summed E-state index contributed by atoms with van der Waals surface area (Å²) in [6, 6.07) is 21.8. The molecule has 2 aromatic carbocycles. The number of hydrogen-bond donors (Lipinski definition) is 0. The molecular formula is C18H21Li. The normalized spacial score (nSPS) is 11.5. The summed E-state index contributed by atoms with van der Waals surface area (Å²) in [7, 11) is 0. The van der Waals surface area contributed by atoms with Gasteiger partial charge in [-0.15, -0.1) is 0 Å². The van der Waals surface area contributed by atoms with Gasteiger partial charge in [-0.3, -0.25) is 0 Å². The first kappa shape index (κ1) is 14.4. The molecule has 19 heavy (non-hydrogen) atoms. The summed E-state index contributed by atoms with van der Waals surface area (Å²) >= 11 is 2.38. The molecule has 0 saturated carbocycles. The van der Waals surface area contributed by atoms with Gasteiger partial charge >= 0.3 is 126 Å². The predicted octanol–water partition coefficient (Wildman–Crippen LogP) is 4.68. The molecule has 0 aliphatic heterocycles. The second kappa shape index (κ2) is 6.99. The third-order valence-electron chi connectivity index (χ3n) is 4.10. The number of hydrogen-bond acceptors (Lipinski definition) is 0. The Kier molecular flexibility index (Phi) is 5.32. The van der Waals surface area contributed by atoms with Crippen molar-refractivity contribution in [2.75, 3.05) is 0 Å². The van der Waals surface area contributed by atoms with E-state index in [1.807, 2.05) is 0 Å². The van der Waals surface area contributed by atoms with Crippen molar-refractivity contribution in [3.05, 3.63) is 71.8 Å². The van der Waals surface area contributed by atoms with Gasteiger partial charge in [-0.2, -0.15) is 0 Å². The van der Waals surface area contributed by atoms with Gasteiger partial charge in [-0.25, -0.2) is 0 Å². The first-order chi connectivity index (χ1) is 9.27. The van der Waals surface area contributed by atoms with E-state index in [1.54, 1.807) is 0 Å². The fourth-order valence-electron chi connectivity index (χ4n) is 2.80. The average Bonchev–Trinajstić information content (AvgIpc) is 2.49. The monoisotopic (exact) mass is 244 g/mol. The number of unbranched alkanes of at least 4 members (excludes halogenated alkanes) is 2. The molecule has 0 amide bonds. The van der Waals surface area contributed by atoms with Crippen LogP contribution in [0.15, 0.2) is 60.7 Å². The second-order valence-electron chi connectivity index (χ2n) is 5.52. The van der Waals surface area contributed by atoms with E-state index < -0.39 is 0 Å². The molecule has 0 nitrogen and oxygen atoms in total. The van der Waals surface area contributed by atoms with Gasteiger partial charge in [0.05, 0.1) is 0 Å². The maximum atomic E-state index is 2.38. The molecule has 0 aromatic heterocycles. The number of rotatable bonds is 6. The summed E-state index contributed by atoms with van der Waals surface area (Å²) < 4.78 is 0.137. The molecule has 0 heterocycles. The van der Waals surface area contributed by atoms with Crippen molar-refractivity contribution in [1.82, 2.24) is 0 Å². The standard InChI is InChI=1S/C18H21.Li/c1-2-3-6-15-18(16-11-7-4-8-12-16)17-13-9-5-10-14-17;/h4-5,7-14H,2-3,6,15H2,1H3;. The Morgan fingerprint density at radius 3 is 1.68 bits per heavy atom. The van der Waals surface area contributed by atoms with Crippen molar-refractivity contribution in [2.45, 2.75) is 36.7 Å². The van der Waals surface area contributed by atoms with Crippen molar-refractivity contribution in [3.8, 4) is 0 Å². The predicted molar refractivity (Wildman–Crippen MR) is 83.6 cm³/mol. The molecule has 0 fully saturated rings. The Morgan fingerprint density at radius 1 is 0.789 bits per heavy atom. The summed E-state index contributed by atoms with van der Waals surface area (Å²) in [6.45, 7) is 2.27. The molecular weight excluding hydrogens is 223 g/mol.